The van der Waals surface area contributed by atoms with Crippen LogP contribution in [0.2, 0.25) is 0 Å². The maximum absolute atomic E-state index is 5.13. The van der Waals surface area contributed by atoms with E-state index < -0.39 is 0 Å². The molecule has 0 spiro atoms. The fourth-order valence-corrected chi connectivity index (χ4v) is 2.97. The van der Waals surface area contributed by atoms with E-state index in [1.165, 1.54) is 89.9 Å². The van der Waals surface area contributed by atoms with Crippen molar-refractivity contribution in [3.05, 3.63) is 24.3 Å². The van der Waals surface area contributed by atoms with E-state index in [2.05, 4.69) is 31.2 Å². The molecular formula is C22H40O. The van der Waals surface area contributed by atoms with Crippen LogP contribution in [-0.4, -0.2) is 12.7 Å². The highest BCUT2D eigenvalue weighted by molar-refractivity contribution is 4.99. The van der Waals surface area contributed by atoms with Gasteiger partial charge in [0, 0.05) is 0 Å². The third-order valence-corrected chi connectivity index (χ3v) is 4.62. The molecule has 0 aromatic rings. The van der Waals surface area contributed by atoms with Gasteiger partial charge >= 0.3 is 0 Å². The summed E-state index contributed by atoms with van der Waals surface area (Å²) in [5, 5.41) is 0. The maximum atomic E-state index is 5.13. The Kier molecular flexibility index (Phi) is 14.5. The van der Waals surface area contributed by atoms with Gasteiger partial charge in [0.25, 0.3) is 0 Å². The third-order valence-electron chi connectivity index (χ3n) is 4.62. The fraction of sp³-hybridized carbons (Fsp3) is 0.818. The average Bonchev–Trinajstić information content (AvgIpc) is 3.38. The van der Waals surface area contributed by atoms with Crippen molar-refractivity contribution in [1.29, 1.82) is 0 Å². The number of hydrogen-bond acceptors (Lipinski definition) is 1. The van der Waals surface area contributed by atoms with E-state index in [0.29, 0.717) is 6.10 Å². The van der Waals surface area contributed by atoms with Crippen LogP contribution in [0.3, 0.4) is 0 Å². The molecule has 1 nitrogen and oxygen atoms in total. The molecule has 1 heterocycles. The van der Waals surface area contributed by atoms with Gasteiger partial charge in [0.2, 0.25) is 0 Å². The molecular weight excluding hydrogens is 280 g/mol. The Morgan fingerprint density at radius 3 is 1.74 bits per heavy atom. The van der Waals surface area contributed by atoms with Crippen LogP contribution >= 0.6 is 0 Å². The lowest BCUT2D eigenvalue weighted by Gasteiger charge is -2.02. The minimum atomic E-state index is 0.435. The number of allylic oxidation sites excluding steroid dienone is 3. The fourth-order valence-electron chi connectivity index (χ4n) is 2.97. The number of epoxide rings is 1. The molecule has 1 aliphatic rings. The van der Waals surface area contributed by atoms with Crippen molar-refractivity contribution in [3.8, 4) is 0 Å². The SMILES string of the molecule is CCCCCCCCCCCCCCC/C=C\C/C=C\C1CO1. The van der Waals surface area contributed by atoms with E-state index >= 15 is 0 Å². The number of hydrogen-bond donors (Lipinski definition) is 0. The topological polar surface area (TPSA) is 12.5 Å². The first-order valence-electron chi connectivity index (χ1n) is 10.4. The molecule has 1 fully saturated rings. The van der Waals surface area contributed by atoms with E-state index in [-0.39, 0.29) is 0 Å². The summed E-state index contributed by atoms with van der Waals surface area (Å²) in [5.41, 5.74) is 0. The highest BCUT2D eigenvalue weighted by Crippen LogP contribution is 2.13. The van der Waals surface area contributed by atoms with Gasteiger partial charge in [0.15, 0.2) is 0 Å². The highest BCUT2D eigenvalue weighted by atomic mass is 16.6. The smallest absolute Gasteiger partial charge is 0.0991 e. The van der Waals surface area contributed by atoms with Crippen molar-refractivity contribution in [2.24, 2.45) is 0 Å². The average molecular weight is 321 g/mol. The summed E-state index contributed by atoms with van der Waals surface area (Å²) >= 11 is 0. The lowest BCUT2D eigenvalue weighted by molar-refractivity contribution is 0.440. The molecule has 0 aliphatic carbocycles. The van der Waals surface area contributed by atoms with Crippen molar-refractivity contribution < 1.29 is 4.74 Å². The summed E-state index contributed by atoms with van der Waals surface area (Å²) in [6.45, 7) is 3.22. The lowest BCUT2D eigenvalue weighted by Crippen LogP contribution is -1.82. The Balaban J connectivity index is 1.67. The summed E-state index contributed by atoms with van der Waals surface area (Å²) < 4.78 is 5.13. The van der Waals surface area contributed by atoms with E-state index in [9.17, 15) is 0 Å². The minimum absolute atomic E-state index is 0.435. The van der Waals surface area contributed by atoms with Gasteiger partial charge in [-0.05, 0) is 19.3 Å². The molecule has 0 amide bonds. The standard InChI is InChI=1S/C22H40O/c1-2-3-4-5-6-7-8-9-10-11-12-13-14-15-16-17-18-19-20-22-21-23-22/h16-17,19-20,22H,2-15,18,21H2,1H3/b17-16-,20-19-. The summed E-state index contributed by atoms with van der Waals surface area (Å²) in [4.78, 5) is 0. The molecule has 0 bridgehead atoms. The van der Waals surface area contributed by atoms with Gasteiger partial charge in [0.05, 0.1) is 12.7 Å². The molecule has 134 valence electrons. The second-order valence-corrected chi connectivity index (χ2v) is 7.04. The quantitative estimate of drug-likeness (QED) is 0.155. The lowest BCUT2D eigenvalue weighted by atomic mass is 10.0. The zero-order chi connectivity index (χ0) is 16.4. The highest BCUT2D eigenvalue weighted by Gasteiger charge is 2.17. The van der Waals surface area contributed by atoms with Crippen LogP contribution in [0.5, 0.6) is 0 Å². The molecule has 1 saturated heterocycles. The second-order valence-electron chi connectivity index (χ2n) is 7.04. The predicted octanol–water partition coefficient (Wildman–Crippen LogP) is 7.37. The molecule has 0 saturated carbocycles. The number of rotatable bonds is 17. The Hall–Kier alpha value is -0.560. The first-order valence-corrected chi connectivity index (χ1v) is 10.4. The largest absolute Gasteiger partial charge is 0.369 e. The normalized spacial score (nSPS) is 17.5. The van der Waals surface area contributed by atoms with Gasteiger partial charge in [-0.25, -0.2) is 0 Å². The summed E-state index contributed by atoms with van der Waals surface area (Å²) in [7, 11) is 0. The van der Waals surface area contributed by atoms with Crippen molar-refractivity contribution >= 4 is 0 Å². The van der Waals surface area contributed by atoms with Crippen LogP contribution in [0.15, 0.2) is 24.3 Å². The molecule has 0 aromatic carbocycles. The first kappa shape index (κ1) is 20.5. The molecule has 23 heavy (non-hydrogen) atoms. The molecule has 1 aliphatic heterocycles. The van der Waals surface area contributed by atoms with E-state index in [1.54, 1.807) is 0 Å². The van der Waals surface area contributed by atoms with Gasteiger partial charge in [0.1, 0.15) is 0 Å². The Labute approximate surface area is 145 Å². The van der Waals surface area contributed by atoms with Crippen LogP contribution in [-0.2, 0) is 4.74 Å². The van der Waals surface area contributed by atoms with E-state index in [4.69, 9.17) is 4.74 Å². The first-order chi connectivity index (χ1) is 11.4. The molecule has 0 aromatic heterocycles. The van der Waals surface area contributed by atoms with Crippen LogP contribution < -0.4 is 0 Å². The van der Waals surface area contributed by atoms with Crippen molar-refractivity contribution in [2.75, 3.05) is 6.61 Å². The summed E-state index contributed by atoms with van der Waals surface area (Å²) in [6, 6.07) is 0. The predicted molar refractivity (Wildman–Crippen MR) is 103 cm³/mol. The van der Waals surface area contributed by atoms with Crippen molar-refractivity contribution in [3.63, 3.8) is 0 Å². The molecule has 1 unspecified atom stereocenters. The van der Waals surface area contributed by atoms with Gasteiger partial charge in [-0.15, -0.1) is 0 Å². The zero-order valence-corrected chi connectivity index (χ0v) is 15.6. The molecule has 1 rings (SSSR count). The minimum Gasteiger partial charge on any atom is -0.369 e. The summed E-state index contributed by atoms with van der Waals surface area (Å²) in [5.74, 6) is 0. The maximum Gasteiger partial charge on any atom is 0.0991 e. The monoisotopic (exact) mass is 320 g/mol. The van der Waals surface area contributed by atoms with Crippen LogP contribution in [0.1, 0.15) is 103 Å². The molecule has 0 N–H and O–H groups in total. The van der Waals surface area contributed by atoms with Crippen molar-refractivity contribution in [2.45, 2.75) is 109 Å². The zero-order valence-electron chi connectivity index (χ0n) is 15.6. The van der Waals surface area contributed by atoms with Gasteiger partial charge in [-0.1, -0.05) is 108 Å². The van der Waals surface area contributed by atoms with E-state index in [1.807, 2.05) is 0 Å². The molecule has 1 atom stereocenters. The van der Waals surface area contributed by atoms with Crippen molar-refractivity contribution in [1.82, 2.24) is 0 Å². The Morgan fingerprint density at radius 2 is 1.22 bits per heavy atom. The second kappa shape index (κ2) is 16.3. The molecule has 1 heteroatoms. The third kappa shape index (κ3) is 16.1. The van der Waals surface area contributed by atoms with Crippen LogP contribution in [0.4, 0.5) is 0 Å². The van der Waals surface area contributed by atoms with Gasteiger partial charge in [-0.2, -0.15) is 0 Å². The number of ether oxygens (including phenoxy) is 1. The summed E-state index contributed by atoms with van der Waals surface area (Å²) in [6.07, 6.45) is 30.5. The Morgan fingerprint density at radius 1 is 0.696 bits per heavy atom. The van der Waals surface area contributed by atoms with Gasteiger partial charge in [-0.3, -0.25) is 0 Å². The van der Waals surface area contributed by atoms with Crippen LogP contribution in [0.25, 0.3) is 0 Å². The molecule has 0 radical (unpaired) electrons. The van der Waals surface area contributed by atoms with Gasteiger partial charge < -0.3 is 4.74 Å². The Bertz CT molecular complexity index is 288. The van der Waals surface area contributed by atoms with Crippen LogP contribution in [0, 0.1) is 0 Å². The van der Waals surface area contributed by atoms with E-state index in [0.717, 1.165) is 13.0 Å². The number of unbranched alkanes of at least 4 members (excludes halogenated alkanes) is 13.